The zero-order valence-corrected chi connectivity index (χ0v) is 21.5. The van der Waals surface area contributed by atoms with Crippen molar-refractivity contribution >= 4 is 18.3 Å². The van der Waals surface area contributed by atoms with Gasteiger partial charge in [-0.2, -0.15) is 10.2 Å². The Morgan fingerprint density at radius 1 is 0.892 bits per heavy atom. The molecule has 2 aromatic carbocycles. The van der Waals surface area contributed by atoms with E-state index in [0.717, 1.165) is 50.2 Å². The second-order valence-electron chi connectivity index (χ2n) is 9.28. The lowest BCUT2D eigenvalue weighted by Crippen LogP contribution is -2.19. The van der Waals surface area contributed by atoms with Gasteiger partial charge in [-0.1, -0.05) is 36.4 Å². The molecule has 3 heterocycles. The van der Waals surface area contributed by atoms with Gasteiger partial charge in [0.05, 0.1) is 0 Å². The summed E-state index contributed by atoms with van der Waals surface area (Å²) in [7, 11) is 3.35. The van der Waals surface area contributed by atoms with Gasteiger partial charge in [-0.3, -0.25) is 14.2 Å². The summed E-state index contributed by atoms with van der Waals surface area (Å²) < 4.78 is 4.89. The van der Waals surface area contributed by atoms with Crippen LogP contribution < -0.4 is 5.56 Å². The molecule has 0 aliphatic carbocycles. The first-order valence-electron chi connectivity index (χ1n) is 11.9. The Kier molecular flexibility index (Phi) is 6.09. The molecule has 1 amide bonds. The molecule has 0 N–H and O–H groups in total. The van der Waals surface area contributed by atoms with Crippen molar-refractivity contribution in [3.63, 3.8) is 0 Å². The van der Waals surface area contributed by atoms with Crippen LogP contribution in [-0.4, -0.2) is 43.6 Å². The number of hydrogen-bond donors (Lipinski definition) is 0. The number of carbonyl (C=O) groups excluding carboxylic acids is 1. The van der Waals surface area contributed by atoms with E-state index in [9.17, 15) is 9.59 Å². The van der Waals surface area contributed by atoms with Gasteiger partial charge in [0.1, 0.15) is 18.2 Å². The van der Waals surface area contributed by atoms with Gasteiger partial charge < -0.3 is 4.90 Å². The Balaban J connectivity index is 1.58. The number of fused-ring (bicyclic) bond motifs is 1. The fourth-order valence-corrected chi connectivity index (χ4v) is 4.70. The molecular formula is C29H28N6O2. The summed E-state index contributed by atoms with van der Waals surface area (Å²) in [5, 5.41) is 8.72. The number of aryl methyl sites for hydroxylation is 2. The zero-order valence-electron chi connectivity index (χ0n) is 21.5. The highest BCUT2D eigenvalue weighted by Gasteiger charge is 2.15. The van der Waals surface area contributed by atoms with E-state index in [0.29, 0.717) is 11.9 Å². The highest BCUT2D eigenvalue weighted by molar-refractivity contribution is 5.84. The van der Waals surface area contributed by atoms with Crippen molar-refractivity contribution in [2.24, 2.45) is 12.1 Å². The fraction of sp³-hybridized carbons (Fsp3) is 0.172. The minimum absolute atomic E-state index is 0.0806. The van der Waals surface area contributed by atoms with Crippen LogP contribution in [0.1, 0.15) is 16.8 Å². The van der Waals surface area contributed by atoms with Gasteiger partial charge in [-0.15, -0.1) is 0 Å². The number of rotatable bonds is 6. The smallest absolute Gasteiger partial charge is 0.277 e. The van der Waals surface area contributed by atoms with Gasteiger partial charge >= 0.3 is 0 Å². The summed E-state index contributed by atoms with van der Waals surface area (Å²) >= 11 is 0. The summed E-state index contributed by atoms with van der Waals surface area (Å²) in [6.45, 7) is 6.23. The molecule has 0 saturated carbocycles. The molecule has 3 aromatic heterocycles. The largest absolute Gasteiger partial charge is 0.307 e. The summed E-state index contributed by atoms with van der Waals surface area (Å²) in [4.78, 5) is 24.8. The van der Waals surface area contributed by atoms with Crippen molar-refractivity contribution in [2.75, 3.05) is 7.05 Å². The number of benzene rings is 2. The minimum Gasteiger partial charge on any atom is -0.307 e. The Bertz CT molecular complexity index is 1740. The molecule has 5 rings (SSSR count). The van der Waals surface area contributed by atoms with Crippen LogP contribution in [0.25, 0.3) is 38.9 Å². The second kappa shape index (κ2) is 9.39. The van der Waals surface area contributed by atoms with E-state index in [4.69, 9.17) is 0 Å². The van der Waals surface area contributed by atoms with Crippen LogP contribution >= 0.6 is 0 Å². The van der Waals surface area contributed by atoms with Crippen LogP contribution in [0.2, 0.25) is 0 Å². The van der Waals surface area contributed by atoms with E-state index in [-0.39, 0.29) is 5.56 Å². The normalized spacial score (nSPS) is 11.5. The van der Waals surface area contributed by atoms with Crippen molar-refractivity contribution in [1.82, 2.24) is 23.8 Å². The quantitative estimate of drug-likeness (QED) is 0.197. The predicted molar refractivity (Wildman–Crippen MR) is 147 cm³/mol. The molecule has 0 unspecified atom stereocenters. The summed E-state index contributed by atoms with van der Waals surface area (Å²) in [6, 6.07) is 16.6. The predicted octanol–water partition coefficient (Wildman–Crippen LogP) is 4.64. The standard InChI is InChI=1S/C29H28N6O2/c1-19-12-22(14-34(19)30-16-32(4)18-36)24-8-6-10-26(20(24)2)27-11-7-9-25(21(27)3)23-13-28-29(37)33(5)17-31-35(28)15-23/h6-18H,1-5H3/b30-16-. The average Bonchev–Trinajstić information content (AvgIpc) is 3.49. The Morgan fingerprint density at radius 3 is 2.11 bits per heavy atom. The molecule has 0 aliphatic rings. The molecule has 186 valence electrons. The van der Waals surface area contributed by atoms with E-state index < -0.39 is 0 Å². The van der Waals surface area contributed by atoms with E-state index >= 15 is 0 Å². The molecule has 5 aromatic rings. The maximum absolute atomic E-state index is 12.6. The van der Waals surface area contributed by atoms with E-state index in [1.807, 2.05) is 25.4 Å². The van der Waals surface area contributed by atoms with Crippen molar-refractivity contribution in [1.29, 1.82) is 0 Å². The third-order valence-corrected chi connectivity index (χ3v) is 6.78. The third-order valence-electron chi connectivity index (χ3n) is 6.78. The van der Waals surface area contributed by atoms with Gasteiger partial charge in [0.2, 0.25) is 6.41 Å². The maximum Gasteiger partial charge on any atom is 0.277 e. The highest BCUT2D eigenvalue weighted by Crippen LogP contribution is 2.37. The number of aromatic nitrogens is 4. The third kappa shape index (κ3) is 4.27. The molecule has 0 saturated heterocycles. The van der Waals surface area contributed by atoms with E-state index in [1.54, 1.807) is 23.3 Å². The fourth-order valence-electron chi connectivity index (χ4n) is 4.70. The molecule has 0 atom stereocenters. The summed E-state index contributed by atoms with van der Waals surface area (Å²) in [5.74, 6) is 0. The number of nitrogens with zero attached hydrogens (tertiary/aromatic N) is 6. The summed E-state index contributed by atoms with van der Waals surface area (Å²) in [6.07, 6.45) is 7.59. The molecule has 0 bridgehead atoms. The van der Waals surface area contributed by atoms with Crippen LogP contribution in [0.5, 0.6) is 0 Å². The second-order valence-corrected chi connectivity index (χ2v) is 9.28. The van der Waals surface area contributed by atoms with E-state index in [1.165, 1.54) is 22.1 Å². The van der Waals surface area contributed by atoms with Crippen LogP contribution in [0.4, 0.5) is 0 Å². The van der Waals surface area contributed by atoms with Crippen LogP contribution in [0, 0.1) is 20.8 Å². The van der Waals surface area contributed by atoms with Crippen LogP contribution in [-0.2, 0) is 11.8 Å². The maximum atomic E-state index is 12.6. The van der Waals surface area contributed by atoms with Gasteiger partial charge in [0, 0.05) is 43.3 Å². The number of hydrogen-bond acceptors (Lipinski definition) is 4. The van der Waals surface area contributed by atoms with Crippen molar-refractivity contribution in [3.05, 3.63) is 94.4 Å². The lowest BCUT2D eigenvalue weighted by molar-refractivity contribution is -0.113. The monoisotopic (exact) mass is 492 g/mol. The first-order valence-corrected chi connectivity index (χ1v) is 11.9. The van der Waals surface area contributed by atoms with Crippen molar-refractivity contribution in [3.8, 4) is 33.4 Å². The van der Waals surface area contributed by atoms with Gasteiger partial charge in [0.25, 0.3) is 5.56 Å². The molecule has 0 spiro atoms. The molecule has 8 nitrogen and oxygen atoms in total. The molecule has 0 fully saturated rings. The molecule has 0 radical (unpaired) electrons. The Hall–Kier alpha value is -4.72. The molecule has 37 heavy (non-hydrogen) atoms. The van der Waals surface area contributed by atoms with Crippen LogP contribution in [0.3, 0.4) is 0 Å². The lowest BCUT2D eigenvalue weighted by Gasteiger charge is -2.15. The van der Waals surface area contributed by atoms with Gasteiger partial charge in [-0.05, 0) is 66.3 Å². The van der Waals surface area contributed by atoms with Gasteiger partial charge in [-0.25, -0.2) is 9.19 Å². The topological polar surface area (TPSA) is 76.9 Å². The minimum atomic E-state index is -0.0806. The first-order chi connectivity index (χ1) is 17.8. The van der Waals surface area contributed by atoms with Crippen molar-refractivity contribution < 1.29 is 4.79 Å². The average molecular weight is 493 g/mol. The van der Waals surface area contributed by atoms with Gasteiger partial charge in [0.15, 0.2) is 0 Å². The SMILES string of the molecule is Cc1c(-c2cc(C)n(/N=C\N(C)C=O)c2)cccc1-c1cccc(-c2cc3c(=O)n(C)cnn3c2)c1C. The zero-order chi connectivity index (χ0) is 26.3. The first kappa shape index (κ1) is 24.0. The number of amides is 1. The number of carbonyl (C=O) groups is 1. The van der Waals surface area contributed by atoms with Crippen molar-refractivity contribution in [2.45, 2.75) is 20.8 Å². The molecular weight excluding hydrogens is 464 g/mol. The highest BCUT2D eigenvalue weighted by atomic mass is 16.1. The van der Waals surface area contributed by atoms with Crippen LogP contribution in [0.15, 0.2) is 77.1 Å². The lowest BCUT2D eigenvalue weighted by atomic mass is 9.89. The van der Waals surface area contributed by atoms with E-state index in [2.05, 4.69) is 66.5 Å². The molecule has 0 aliphatic heterocycles. The summed E-state index contributed by atoms with van der Waals surface area (Å²) in [5.41, 5.74) is 10.2. The Morgan fingerprint density at radius 2 is 1.49 bits per heavy atom. The molecule has 8 heteroatoms. The Labute approximate surface area is 214 Å².